The molecule has 1 spiro atoms. The van der Waals surface area contributed by atoms with E-state index in [-0.39, 0.29) is 5.41 Å². The first kappa shape index (κ1) is 20.7. The molecule has 0 atom stereocenters. The van der Waals surface area contributed by atoms with E-state index in [1.807, 2.05) is 16.2 Å². The van der Waals surface area contributed by atoms with Gasteiger partial charge in [0, 0.05) is 24.5 Å². The Balaban J connectivity index is 0.000000298. The lowest BCUT2D eigenvalue weighted by Crippen LogP contribution is -2.44. The molecule has 3 heterocycles. The van der Waals surface area contributed by atoms with Crippen LogP contribution in [0.15, 0.2) is 17.5 Å². The van der Waals surface area contributed by atoms with Crippen LogP contribution in [-0.2, 0) is 16.1 Å². The van der Waals surface area contributed by atoms with Crippen molar-refractivity contribution in [1.29, 1.82) is 0 Å². The fraction of sp³-hybridized carbons (Fsp3) is 0.647. The summed E-state index contributed by atoms with van der Waals surface area (Å²) in [6.07, 6.45) is -1.91. The molecule has 2 aliphatic rings. The average molecular weight is 392 g/mol. The molecule has 0 radical (unpaired) electrons. The Morgan fingerprint density at radius 2 is 1.85 bits per heavy atom. The van der Waals surface area contributed by atoms with Crippen LogP contribution in [0.4, 0.5) is 13.2 Å². The minimum atomic E-state index is -5.08. The van der Waals surface area contributed by atoms with Gasteiger partial charge in [-0.05, 0) is 50.7 Å². The van der Waals surface area contributed by atoms with Gasteiger partial charge in [-0.2, -0.15) is 13.2 Å². The lowest BCUT2D eigenvalue weighted by atomic mass is 9.77. The molecule has 2 fully saturated rings. The Morgan fingerprint density at radius 3 is 2.27 bits per heavy atom. The second kappa shape index (κ2) is 8.39. The van der Waals surface area contributed by atoms with Crippen molar-refractivity contribution in [3.05, 3.63) is 22.4 Å². The Kier molecular flexibility index (Phi) is 6.68. The van der Waals surface area contributed by atoms with E-state index in [0.29, 0.717) is 5.91 Å². The first-order valence-electron chi connectivity index (χ1n) is 8.52. The molecule has 0 unspecified atom stereocenters. The Hall–Kier alpha value is -1.61. The van der Waals surface area contributed by atoms with E-state index in [4.69, 9.17) is 9.90 Å². The van der Waals surface area contributed by atoms with E-state index in [2.05, 4.69) is 29.3 Å². The second-order valence-corrected chi connectivity index (χ2v) is 7.61. The van der Waals surface area contributed by atoms with Gasteiger partial charge in [0.05, 0.1) is 5.41 Å². The van der Waals surface area contributed by atoms with Crippen molar-refractivity contribution in [3.63, 3.8) is 0 Å². The van der Waals surface area contributed by atoms with Gasteiger partial charge in [0.25, 0.3) is 0 Å². The maximum absolute atomic E-state index is 12.4. The number of carboxylic acid groups (broad SMARTS) is 1. The summed E-state index contributed by atoms with van der Waals surface area (Å²) in [5.41, 5.74) is -0.0119. The summed E-state index contributed by atoms with van der Waals surface area (Å²) >= 11 is 1.83. The van der Waals surface area contributed by atoms with Crippen molar-refractivity contribution in [2.24, 2.45) is 5.41 Å². The zero-order chi connectivity index (χ0) is 19.4. The first-order valence-corrected chi connectivity index (χ1v) is 9.40. The summed E-state index contributed by atoms with van der Waals surface area (Å²) in [4.78, 5) is 27.3. The molecule has 5 nitrogen and oxygen atoms in total. The van der Waals surface area contributed by atoms with E-state index >= 15 is 0 Å². The number of thiophene rings is 1. The smallest absolute Gasteiger partial charge is 0.475 e. The second-order valence-electron chi connectivity index (χ2n) is 6.57. The number of rotatable bonds is 3. The van der Waals surface area contributed by atoms with Crippen molar-refractivity contribution in [3.8, 4) is 0 Å². The quantitative estimate of drug-likeness (QED) is 0.858. The van der Waals surface area contributed by atoms with Crippen LogP contribution in [0.1, 0.15) is 31.1 Å². The topological polar surface area (TPSA) is 60.9 Å². The van der Waals surface area contributed by atoms with Gasteiger partial charge in [-0.1, -0.05) is 6.07 Å². The molecule has 26 heavy (non-hydrogen) atoms. The van der Waals surface area contributed by atoms with Crippen LogP contribution >= 0.6 is 11.3 Å². The highest BCUT2D eigenvalue weighted by Crippen LogP contribution is 2.41. The van der Waals surface area contributed by atoms with Gasteiger partial charge in [0.1, 0.15) is 0 Å². The maximum Gasteiger partial charge on any atom is 0.490 e. The summed E-state index contributed by atoms with van der Waals surface area (Å²) in [5, 5.41) is 9.26. The highest BCUT2D eigenvalue weighted by molar-refractivity contribution is 7.09. The van der Waals surface area contributed by atoms with Gasteiger partial charge < -0.3 is 10.0 Å². The maximum atomic E-state index is 12.4. The molecule has 2 saturated heterocycles. The molecule has 0 saturated carbocycles. The first-order chi connectivity index (χ1) is 12.2. The molecule has 1 aromatic rings. The number of likely N-dealkylation sites (tertiary alicyclic amines) is 2. The monoisotopic (exact) mass is 392 g/mol. The number of hydrogen-bond donors (Lipinski definition) is 1. The number of piperidine rings is 1. The molecule has 0 aromatic carbocycles. The number of carboxylic acids is 1. The number of halogens is 3. The SMILES string of the molecule is CCN1CCC2(CCN(Cc3cccs3)CC2)C1=O.O=C(O)C(F)(F)F. The van der Waals surface area contributed by atoms with E-state index in [0.717, 1.165) is 52.0 Å². The zero-order valence-corrected chi connectivity index (χ0v) is 15.4. The average Bonchev–Trinajstić information content (AvgIpc) is 3.19. The van der Waals surface area contributed by atoms with E-state index in [9.17, 15) is 18.0 Å². The van der Waals surface area contributed by atoms with Gasteiger partial charge in [0.2, 0.25) is 5.91 Å². The van der Waals surface area contributed by atoms with Crippen LogP contribution in [-0.4, -0.2) is 59.1 Å². The molecule has 0 aliphatic carbocycles. The Labute approximate surface area is 154 Å². The van der Waals surface area contributed by atoms with Crippen molar-refractivity contribution in [1.82, 2.24) is 9.80 Å². The van der Waals surface area contributed by atoms with Gasteiger partial charge >= 0.3 is 12.1 Å². The fourth-order valence-electron chi connectivity index (χ4n) is 3.42. The van der Waals surface area contributed by atoms with Crippen LogP contribution in [0.25, 0.3) is 0 Å². The van der Waals surface area contributed by atoms with Crippen LogP contribution in [0.2, 0.25) is 0 Å². The number of carbonyl (C=O) groups is 2. The van der Waals surface area contributed by atoms with Crippen molar-refractivity contribution in [2.45, 2.75) is 38.9 Å². The molecule has 2 aliphatic heterocycles. The predicted octanol–water partition coefficient (Wildman–Crippen LogP) is 3.22. The lowest BCUT2D eigenvalue weighted by Gasteiger charge is -2.37. The Morgan fingerprint density at radius 1 is 1.27 bits per heavy atom. The van der Waals surface area contributed by atoms with Gasteiger partial charge in [-0.3, -0.25) is 9.69 Å². The minimum Gasteiger partial charge on any atom is -0.475 e. The molecule has 0 bridgehead atoms. The molecular formula is C17H23F3N2O3S. The number of alkyl halides is 3. The molecule has 1 amide bonds. The van der Waals surface area contributed by atoms with Crippen molar-refractivity contribution >= 4 is 23.2 Å². The van der Waals surface area contributed by atoms with E-state index in [1.54, 1.807) is 0 Å². The number of nitrogens with zero attached hydrogens (tertiary/aromatic N) is 2. The van der Waals surface area contributed by atoms with Crippen molar-refractivity contribution < 1.29 is 27.9 Å². The number of hydrogen-bond acceptors (Lipinski definition) is 4. The summed E-state index contributed by atoms with van der Waals surface area (Å²) in [5.74, 6) is -2.33. The molecule has 9 heteroatoms. The van der Waals surface area contributed by atoms with Gasteiger partial charge in [-0.15, -0.1) is 11.3 Å². The molecular weight excluding hydrogens is 369 g/mol. The predicted molar refractivity (Wildman–Crippen MR) is 91.8 cm³/mol. The Bertz CT molecular complexity index is 611. The minimum absolute atomic E-state index is 0.0119. The third kappa shape index (κ3) is 4.97. The summed E-state index contributed by atoms with van der Waals surface area (Å²) < 4.78 is 31.7. The van der Waals surface area contributed by atoms with Gasteiger partial charge in [0.15, 0.2) is 0 Å². The number of carbonyl (C=O) groups excluding carboxylic acids is 1. The fourth-order valence-corrected chi connectivity index (χ4v) is 4.17. The standard InChI is InChI=1S/C15H22N2OS.C2HF3O2/c1-2-17-10-7-15(14(17)18)5-8-16(9-6-15)12-13-4-3-11-19-13;3-2(4,5)1(6)7/h3-4,11H,2,5-10,12H2,1H3;(H,6,7). The summed E-state index contributed by atoms with van der Waals surface area (Å²) in [7, 11) is 0. The number of amides is 1. The van der Waals surface area contributed by atoms with Crippen LogP contribution in [0.3, 0.4) is 0 Å². The molecule has 1 N–H and O–H groups in total. The van der Waals surface area contributed by atoms with E-state index in [1.165, 1.54) is 4.88 Å². The largest absolute Gasteiger partial charge is 0.490 e. The van der Waals surface area contributed by atoms with Gasteiger partial charge in [-0.25, -0.2) is 4.79 Å². The normalized spacial score (nSPS) is 20.2. The van der Waals surface area contributed by atoms with Crippen LogP contribution in [0, 0.1) is 5.41 Å². The van der Waals surface area contributed by atoms with Crippen LogP contribution < -0.4 is 0 Å². The lowest BCUT2D eigenvalue weighted by molar-refractivity contribution is -0.192. The molecule has 146 valence electrons. The third-order valence-corrected chi connectivity index (χ3v) is 5.86. The van der Waals surface area contributed by atoms with E-state index < -0.39 is 12.1 Å². The summed E-state index contributed by atoms with van der Waals surface area (Å²) in [6.45, 7) is 7.13. The molecule has 3 rings (SSSR count). The third-order valence-electron chi connectivity index (χ3n) is 5.00. The number of aliphatic carboxylic acids is 1. The highest BCUT2D eigenvalue weighted by Gasteiger charge is 2.47. The zero-order valence-electron chi connectivity index (χ0n) is 14.6. The van der Waals surface area contributed by atoms with Crippen molar-refractivity contribution in [2.75, 3.05) is 26.2 Å². The highest BCUT2D eigenvalue weighted by atomic mass is 32.1. The molecule has 1 aromatic heterocycles. The van der Waals surface area contributed by atoms with Crippen LogP contribution in [0.5, 0.6) is 0 Å². The summed E-state index contributed by atoms with van der Waals surface area (Å²) in [6, 6.07) is 4.32.